The van der Waals surface area contributed by atoms with Crippen LogP contribution in [0.3, 0.4) is 0 Å². The van der Waals surface area contributed by atoms with Crippen molar-refractivity contribution in [2.45, 2.75) is 49.4 Å². The molecular formula is C21H23N3O4S. The first kappa shape index (κ1) is 19.7. The summed E-state index contributed by atoms with van der Waals surface area (Å²) in [5.74, 6) is 0.548. The molecule has 1 aromatic carbocycles. The molecule has 0 spiro atoms. The number of nitrogens with zero attached hydrogens (tertiary/aromatic N) is 2. The van der Waals surface area contributed by atoms with Gasteiger partial charge < -0.3 is 14.5 Å². The van der Waals surface area contributed by atoms with E-state index in [1.54, 1.807) is 29.9 Å². The summed E-state index contributed by atoms with van der Waals surface area (Å²) in [7, 11) is 0. The van der Waals surface area contributed by atoms with Crippen LogP contribution in [0.4, 0.5) is 0 Å². The van der Waals surface area contributed by atoms with Crippen LogP contribution in [-0.4, -0.2) is 33.4 Å². The number of carbonyl (C=O) groups excluding carboxylic acids is 1. The van der Waals surface area contributed by atoms with Crippen LogP contribution in [0.2, 0.25) is 0 Å². The first-order valence-electron chi connectivity index (χ1n) is 9.70. The highest BCUT2D eigenvalue weighted by Crippen LogP contribution is 2.24. The highest BCUT2D eigenvalue weighted by molar-refractivity contribution is 8.00. The molecule has 0 bridgehead atoms. The minimum absolute atomic E-state index is 0.00176. The number of amides is 1. The third-order valence-electron chi connectivity index (χ3n) is 4.91. The van der Waals surface area contributed by atoms with E-state index in [9.17, 15) is 9.59 Å². The van der Waals surface area contributed by atoms with Gasteiger partial charge in [0.25, 0.3) is 5.56 Å². The molecule has 4 rings (SSSR count). The molecule has 2 unspecified atom stereocenters. The summed E-state index contributed by atoms with van der Waals surface area (Å²) < 4.78 is 12.6. The maximum Gasteiger partial charge on any atom is 0.262 e. The summed E-state index contributed by atoms with van der Waals surface area (Å²) in [4.78, 5) is 30.3. The number of nitrogens with one attached hydrogen (secondary N) is 1. The predicted molar refractivity (Wildman–Crippen MR) is 111 cm³/mol. The molecule has 8 heteroatoms. The number of thioether (sulfide) groups is 1. The molecular weight excluding hydrogens is 390 g/mol. The van der Waals surface area contributed by atoms with Gasteiger partial charge in [0.05, 0.1) is 41.6 Å². The van der Waals surface area contributed by atoms with E-state index in [0.717, 1.165) is 12.8 Å². The quantitative estimate of drug-likeness (QED) is 0.473. The van der Waals surface area contributed by atoms with Gasteiger partial charge in [-0.2, -0.15) is 0 Å². The Morgan fingerprint density at radius 2 is 2.21 bits per heavy atom. The summed E-state index contributed by atoms with van der Waals surface area (Å²) in [6, 6.07) is 10.9. The van der Waals surface area contributed by atoms with E-state index >= 15 is 0 Å². The number of carbonyl (C=O) groups is 1. The average molecular weight is 413 g/mol. The Morgan fingerprint density at radius 1 is 1.34 bits per heavy atom. The summed E-state index contributed by atoms with van der Waals surface area (Å²) in [5.41, 5.74) is 0.531. The zero-order valence-corrected chi connectivity index (χ0v) is 17.0. The van der Waals surface area contributed by atoms with Crippen LogP contribution >= 0.6 is 11.8 Å². The number of para-hydroxylation sites is 1. The summed E-state index contributed by atoms with van der Waals surface area (Å²) in [6.45, 7) is 3.29. The van der Waals surface area contributed by atoms with E-state index in [-0.39, 0.29) is 17.6 Å². The van der Waals surface area contributed by atoms with Gasteiger partial charge in [-0.1, -0.05) is 23.9 Å². The molecule has 3 aromatic rings. The van der Waals surface area contributed by atoms with Crippen molar-refractivity contribution in [2.24, 2.45) is 0 Å². The van der Waals surface area contributed by atoms with Crippen LogP contribution in [0, 0.1) is 0 Å². The standard InChI is InChI=1S/C21H23N3O4S/c1-14(19(25)22-12-15-6-4-10-27-15)29-21-23-18-9-3-2-8-17(18)20(26)24(21)13-16-7-5-11-28-16/h2-4,6,8-10,14,16H,5,7,11-13H2,1H3,(H,22,25). The largest absolute Gasteiger partial charge is 0.467 e. The van der Waals surface area contributed by atoms with Crippen molar-refractivity contribution in [1.82, 2.24) is 14.9 Å². The molecule has 1 aliphatic rings. The monoisotopic (exact) mass is 413 g/mol. The Morgan fingerprint density at radius 3 is 2.97 bits per heavy atom. The minimum Gasteiger partial charge on any atom is -0.467 e. The fourth-order valence-corrected chi connectivity index (χ4v) is 4.28. The number of aromatic nitrogens is 2. The van der Waals surface area contributed by atoms with Gasteiger partial charge in [-0.15, -0.1) is 0 Å². The lowest BCUT2D eigenvalue weighted by molar-refractivity contribution is -0.120. The van der Waals surface area contributed by atoms with E-state index in [1.165, 1.54) is 11.8 Å². The van der Waals surface area contributed by atoms with Crippen LogP contribution in [-0.2, 0) is 22.6 Å². The van der Waals surface area contributed by atoms with Crippen molar-refractivity contribution in [1.29, 1.82) is 0 Å². The number of hydrogen-bond donors (Lipinski definition) is 1. The zero-order chi connectivity index (χ0) is 20.2. The van der Waals surface area contributed by atoms with Crippen LogP contribution in [0.1, 0.15) is 25.5 Å². The first-order chi connectivity index (χ1) is 14.1. The van der Waals surface area contributed by atoms with E-state index in [0.29, 0.717) is 41.5 Å². The van der Waals surface area contributed by atoms with Crippen molar-refractivity contribution in [3.8, 4) is 0 Å². The zero-order valence-electron chi connectivity index (χ0n) is 16.2. The average Bonchev–Trinajstić information content (AvgIpc) is 3.43. The third-order valence-corrected chi connectivity index (χ3v) is 6.00. The lowest BCUT2D eigenvalue weighted by Gasteiger charge is -2.18. The Kier molecular flexibility index (Phi) is 6.01. The van der Waals surface area contributed by atoms with Gasteiger partial charge in [0.2, 0.25) is 5.91 Å². The number of benzene rings is 1. The van der Waals surface area contributed by atoms with Gasteiger partial charge in [0, 0.05) is 6.61 Å². The number of ether oxygens (including phenoxy) is 1. The van der Waals surface area contributed by atoms with Crippen molar-refractivity contribution < 1.29 is 13.9 Å². The van der Waals surface area contributed by atoms with Gasteiger partial charge in [-0.25, -0.2) is 4.98 Å². The normalized spacial score (nSPS) is 17.5. The molecule has 1 amide bonds. The topological polar surface area (TPSA) is 86.4 Å². The van der Waals surface area contributed by atoms with E-state index < -0.39 is 5.25 Å². The van der Waals surface area contributed by atoms with Gasteiger partial charge in [0.1, 0.15) is 5.76 Å². The second kappa shape index (κ2) is 8.84. The Bertz CT molecular complexity index is 1040. The molecule has 152 valence electrons. The van der Waals surface area contributed by atoms with Crippen molar-refractivity contribution in [3.05, 3.63) is 58.8 Å². The minimum atomic E-state index is -0.422. The van der Waals surface area contributed by atoms with Crippen molar-refractivity contribution in [2.75, 3.05) is 6.61 Å². The van der Waals surface area contributed by atoms with Gasteiger partial charge >= 0.3 is 0 Å². The third kappa shape index (κ3) is 4.54. The maximum absolute atomic E-state index is 13.1. The van der Waals surface area contributed by atoms with Crippen LogP contribution in [0.5, 0.6) is 0 Å². The second-order valence-corrected chi connectivity index (χ2v) is 8.33. The molecule has 1 aliphatic heterocycles. The summed E-state index contributed by atoms with van der Waals surface area (Å²) >= 11 is 1.28. The van der Waals surface area contributed by atoms with Crippen LogP contribution < -0.4 is 10.9 Å². The lowest BCUT2D eigenvalue weighted by Crippen LogP contribution is -2.32. The molecule has 0 radical (unpaired) electrons. The Labute approximate surface area is 172 Å². The molecule has 0 aliphatic carbocycles. The van der Waals surface area contributed by atoms with E-state index in [1.807, 2.05) is 24.3 Å². The van der Waals surface area contributed by atoms with Gasteiger partial charge in [-0.3, -0.25) is 14.2 Å². The van der Waals surface area contributed by atoms with Crippen molar-refractivity contribution in [3.63, 3.8) is 0 Å². The van der Waals surface area contributed by atoms with Gasteiger partial charge in [-0.05, 0) is 44.0 Å². The van der Waals surface area contributed by atoms with Crippen LogP contribution in [0.25, 0.3) is 10.9 Å². The Balaban J connectivity index is 1.57. The van der Waals surface area contributed by atoms with E-state index in [2.05, 4.69) is 10.3 Å². The van der Waals surface area contributed by atoms with Gasteiger partial charge in [0.15, 0.2) is 5.16 Å². The molecule has 1 N–H and O–H groups in total. The highest BCUT2D eigenvalue weighted by Gasteiger charge is 2.23. The molecule has 2 atom stereocenters. The predicted octanol–water partition coefficient (Wildman–Crippen LogP) is 2.97. The highest BCUT2D eigenvalue weighted by atomic mass is 32.2. The Hall–Kier alpha value is -2.58. The van der Waals surface area contributed by atoms with Crippen molar-refractivity contribution >= 4 is 28.6 Å². The molecule has 2 aromatic heterocycles. The number of rotatable bonds is 7. The fourth-order valence-electron chi connectivity index (χ4n) is 3.33. The number of furan rings is 1. The fraction of sp³-hybridized carbons (Fsp3) is 0.381. The summed E-state index contributed by atoms with van der Waals surface area (Å²) in [6.07, 6.45) is 3.48. The molecule has 3 heterocycles. The molecule has 0 saturated carbocycles. The molecule has 29 heavy (non-hydrogen) atoms. The first-order valence-corrected chi connectivity index (χ1v) is 10.6. The lowest BCUT2D eigenvalue weighted by atomic mass is 10.2. The number of hydrogen-bond acceptors (Lipinski definition) is 6. The maximum atomic E-state index is 13.1. The van der Waals surface area contributed by atoms with Crippen LogP contribution in [0.15, 0.2) is 57.0 Å². The molecule has 1 saturated heterocycles. The smallest absolute Gasteiger partial charge is 0.262 e. The number of fused-ring (bicyclic) bond motifs is 1. The molecule has 1 fully saturated rings. The summed E-state index contributed by atoms with van der Waals surface area (Å²) in [5, 5.41) is 3.54. The SMILES string of the molecule is CC(Sc1nc2ccccc2c(=O)n1CC1CCCO1)C(=O)NCc1ccco1. The second-order valence-electron chi connectivity index (χ2n) is 7.02. The van der Waals surface area contributed by atoms with E-state index in [4.69, 9.17) is 9.15 Å². The molecule has 7 nitrogen and oxygen atoms in total.